The Balaban J connectivity index is 1.49. The standard InChI is InChI=1S/C19H25Cl2N3O2/c20-16-2-1-3-17(21)15(16)12-23-8-4-14(5-9-23)19(26)24-10-6-13(7-11-24)18(22)25/h1-3,13-14H,4-12H2,(H2,22,25). The van der Waals surface area contributed by atoms with Crippen LogP contribution < -0.4 is 5.73 Å². The number of likely N-dealkylation sites (tertiary alicyclic amines) is 2. The number of carbonyl (C=O) groups excluding carboxylic acids is 2. The summed E-state index contributed by atoms with van der Waals surface area (Å²) in [4.78, 5) is 28.2. The molecule has 7 heteroatoms. The maximum atomic E-state index is 12.8. The van der Waals surface area contributed by atoms with Crippen molar-refractivity contribution in [2.24, 2.45) is 17.6 Å². The maximum Gasteiger partial charge on any atom is 0.225 e. The van der Waals surface area contributed by atoms with Gasteiger partial charge in [-0.25, -0.2) is 0 Å². The fourth-order valence-electron chi connectivity index (χ4n) is 3.89. The van der Waals surface area contributed by atoms with E-state index in [0.717, 1.165) is 31.5 Å². The Hall–Kier alpha value is -1.30. The smallest absolute Gasteiger partial charge is 0.225 e. The normalized spacial score (nSPS) is 20.3. The maximum absolute atomic E-state index is 12.8. The Labute approximate surface area is 164 Å². The van der Waals surface area contributed by atoms with Gasteiger partial charge in [-0.2, -0.15) is 0 Å². The third-order valence-electron chi connectivity index (χ3n) is 5.59. The van der Waals surface area contributed by atoms with E-state index in [1.54, 1.807) is 0 Å². The lowest BCUT2D eigenvalue weighted by Crippen LogP contribution is -2.46. The molecule has 142 valence electrons. The molecule has 1 aromatic rings. The van der Waals surface area contributed by atoms with Gasteiger partial charge in [0.05, 0.1) is 0 Å². The molecule has 0 radical (unpaired) electrons. The van der Waals surface area contributed by atoms with E-state index in [0.29, 0.717) is 42.5 Å². The molecule has 0 aliphatic carbocycles. The molecule has 0 spiro atoms. The zero-order chi connectivity index (χ0) is 18.7. The minimum atomic E-state index is -0.247. The number of piperidine rings is 2. The molecule has 5 nitrogen and oxygen atoms in total. The summed E-state index contributed by atoms with van der Waals surface area (Å²) in [5.41, 5.74) is 6.32. The third-order valence-corrected chi connectivity index (χ3v) is 6.30. The summed E-state index contributed by atoms with van der Waals surface area (Å²) in [6.45, 7) is 3.71. The van der Waals surface area contributed by atoms with E-state index in [9.17, 15) is 9.59 Å². The molecule has 0 atom stereocenters. The first-order chi connectivity index (χ1) is 12.5. The fourth-order valence-corrected chi connectivity index (χ4v) is 4.40. The van der Waals surface area contributed by atoms with Crippen LogP contribution in [0.3, 0.4) is 0 Å². The van der Waals surface area contributed by atoms with Gasteiger partial charge in [0.1, 0.15) is 0 Å². The van der Waals surface area contributed by atoms with Crippen molar-refractivity contribution < 1.29 is 9.59 Å². The third kappa shape index (κ3) is 4.51. The zero-order valence-corrected chi connectivity index (χ0v) is 16.3. The summed E-state index contributed by atoms with van der Waals surface area (Å²) in [6, 6.07) is 5.56. The van der Waals surface area contributed by atoms with Gasteiger partial charge in [0, 0.05) is 47.1 Å². The molecule has 3 rings (SSSR count). The Morgan fingerprint density at radius 3 is 2.04 bits per heavy atom. The summed E-state index contributed by atoms with van der Waals surface area (Å²) < 4.78 is 0. The SMILES string of the molecule is NC(=O)C1CCN(C(=O)C2CCN(Cc3c(Cl)cccc3Cl)CC2)CC1. The average molecular weight is 398 g/mol. The number of benzene rings is 1. The van der Waals surface area contributed by atoms with Gasteiger partial charge in [0.15, 0.2) is 0 Å². The van der Waals surface area contributed by atoms with Crippen molar-refractivity contribution in [2.75, 3.05) is 26.2 Å². The van der Waals surface area contributed by atoms with Crippen LogP contribution in [0.25, 0.3) is 0 Å². The van der Waals surface area contributed by atoms with Crippen LogP contribution in [0, 0.1) is 11.8 Å². The van der Waals surface area contributed by atoms with Gasteiger partial charge >= 0.3 is 0 Å². The van der Waals surface area contributed by atoms with Crippen molar-refractivity contribution in [3.63, 3.8) is 0 Å². The van der Waals surface area contributed by atoms with Crippen molar-refractivity contribution in [3.05, 3.63) is 33.8 Å². The second-order valence-electron chi connectivity index (χ2n) is 7.25. The molecule has 26 heavy (non-hydrogen) atoms. The quantitative estimate of drug-likeness (QED) is 0.848. The monoisotopic (exact) mass is 397 g/mol. The predicted octanol–water partition coefficient (Wildman–Crippen LogP) is 2.93. The molecule has 2 heterocycles. The van der Waals surface area contributed by atoms with Gasteiger partial charge in [-0.05, 0) is 50.9 Å². The molecule has 2 aliphatic rings. The zero-order valence-electron chi connectivity index (χ0n) is 14.8. The Morgan fingerprint density at radius 2 is 1.50 bits per heavy atom. The van der Waals surface area contributed by atoms with Gasteiger partial charge in [-0.15, -0.1) is 0 Å². The number of nitrogens with two attached hydrogens (primary N) is 1. The highest BCUT2D eigenvalue weighted by Gasteiger charge is 2.32. The number of carbonyl (C=O) groups is 2. The number of hydrogen-bond donors (Lipinski definition) is 1. The van der Waals surface area contributed by atoms with E-state index in [1.807, 2.05) is 23.1 Å². The van der Waals surface area contributed by atoms with Crippen LogP contribution in [-0.4, -0.2) is 47.8 Å². The molecule has 2 aliphatic heterocycles. The summed E-state index contributed by atoms with van der Waals surface area (Å²) >= 11 is 12.5. The summed E-state index contributed by atoms with van der Waals surface area (Å²) in [5, 5.41) is 1.38. The largest absolute Gasteiger partial charge is 0.369 e. The van der Waals surface area contributed by atoms with Gasteiger partial charge < -0.3 is 10.6 Å². The molecule has 1 aromatic carbocycles. The first kappa shape index (κ1) is 19.5. The molecule has 2 N–H and O–H groups in total. The van der Waals surface area contributed by atoms with Crippen LogP contribution in [0.5, 0.6) is 0 Å². The number of hydrogen-bond acceptors (Lipinski definition) is 3. The van der Waals surface area contributed by atoms with Crippen LogP contribution in [0.4, 0.5) is 0 Å². The summed E-state index contributed by atoms with van der Waals surface area (Å²) in [7, 11) is 0. The second-order valence-corrected chi connectivity index (χ2v) is 8.07. The van der Waals surface area contributed by atoms with Crippen molar-refractivity contribution in [3.8, 4) is 0 Å². The van der Waals surface area contributed by atoms with E-state index >= 15 is 0 Å². The van der Waals surface area contributed by atoms with Crippen molar-refractivity contribution in [1.82, 2.24) is 9.80 Å². The molecular weight excluding hydrogens is 373 g/mol. The van der Waals surface area contributed by atoms with Crippen LogP contribution in [0.15, 0.2) is 18.2 Å². The Morgan fingerprint density at radius 1 is 0.962 bits per heavy atom. The van der Waals surface area contributed by atoms with Crippen LogP contribution in [0.1, 0.15) is 31.2 Å². The van der Waals surface area contributed by atoms with Crippen molar-refractivity contribution in [2.45, 2.75) is 32.2 Å². The number of amides is 2. The number of nitrogens with zero attached hydrogens (tertiary/aromatic N) is 2. The number of rotatable bonds is 4. The van der Waals surface area contributed by atoms with E-state index < -0.39 is 0 Å². The topological polar surface area (TPSA) is 66.6 Å². The summed E-state index contributed by atoms with van der Waals surface area (Å²) in [6.07, 6.45) is 3.06. The molecule has 2 saturated heterocycles. The fraction of sp³-hybridized carbons (Fsp3) is 0.579. The van der Waals surface area contributed by atoms with E-state index in [4.69, 9.17) is 28.9 Å². The van der Waals surface area contributed by atoms with Gasteiger partial charge in [0.25, 0.3) is 0 Å². The number of primary amides is 1. The predicted molar refractivity (Wildman–Crippen MR) is 103 cm³/mol. The average Bonchev–Trinajstić information content (AvgIpc) is 2.65. The minimum Gasteiger partial charge on any atom is -0.369 e. The lowest BCUT2D eigenvalue weighted by atomic mass is 9.91. The first-order valence-corrected chi connectivity index (χ1v) is 9.94. The molecule has 2 amide bonds. The highest BCUT2D eigenvalue weighted by Crippen LogP contribution is 2.29. The van der Waals surface area contributed by atoms with Crippen LogP contribution in [0.2, 0.25) is 10.0 Å². The summed E-state index contributed by atoms with van der Waals surface area (Å²) in [5.74, 6) is -0.0358. The Kier molecular flexibility index (Phi) is 6.43. The highest BCUT2D eigenvalue weighted by molar-refractivity contribution is 6.35. The van der Waals surface area contributed by atoms with Gasteiger partial charge in [-0.1, -0.05) is 29.3 Å². The molecule has 0 bridgehead atoms. The lowest BCUT2D eigenvalue weighted by Gasteiger charge is -2.37. The van der Waals surface area contributed by atoms with Crippen molar-refractivity contribution >= 4 is 35.0 Å². The highest BCUT2D eigenvalue weighted by atomic mass is 35.5. The molecule has 0 saturated carbocycles. The molecule has 0 aromatic heterocycles. The van der Waals surface area contributed by atoms with Crippen LogP contribution >= 0.6 is 23.2 Å². The second kappa shape index (κ2) is 8.59. The molecule has 2 fully saturated rings. The van der Waals surface area contributed by atoms with E-state index in [1.165, 1.54) is 0 Å². The first-order valence-electron chi connectivity index (χ1n) is 9.19. The van der Waals surface area contributed by atoms with Gasteiger partial charge in [-0.3, -0.25) is 14.5 Å². The van der Waals surface area contributed by atoms with Gasteiger partial charge in [0.2, 0.25) is 11.8 Å². The van der Waals surface area contributed by atoms with Crippen LogP contribution in [-0.2, 0) is 16.1 Å². The Bertz CT molecular complexity index is 646. The lowest BCUT2D eigenvalue weighted by molar-refractivity contribution is -0.140. The molecular formula is C19H25Cl2N3O2. The molecule has 0 unspecified atom stereocenters. The van der Waals surface area contributed by atoms with Crippen molar-refractivity contribution in [1.29, 1.82) is 0 Å². The minimum absolute atomic E-state index is 0.0677. The van der Waals surface area contributed by atoms with E-state index in [-0.39, 0.29) is 23.7 Å². The van der Waals surface area contributed by atoms with E-state index in [2.05, 4.69) is 4.90 Å². The number of halogens is 2.